The zero-order valence-corrected chi connectivity index (χ0v) is 18.3. The number of hydrogen-bond acceptors (Lipinski definition) is 4. The Morgan fingerprint density at radius 3 is 2.31 bits per heavy atom. The van der Waals surface area contributed by atoms with E-state index in [-0.39, 0.29) is 11.9 Å². The van der Waals surface area contributed by atoms with Gasteiger partial charge in [-0.1, -0.05) is 42.3 Å². The molecule has 29 heavy (non-hydrogen) atoms. The highest BCUT2D eigenvalue weighted by Crippen LogP contribution is 2.19. The summed E-state index contributed by atoms with van der Waals surface area (Å²) < 4.78 is 5.83. The van der Waals surface area contributed by atoms with Crippen molar-refractivity contribution in [2.45, 2.75) is 53.3 Å². The monoisotopic (exact) mass is 408 g/mol. The first-order valence-corrected chi connectivity index (χ1v) is 10.8. The largest absolute Gasteiger partial charge is 0.486 e. The summed E-state index contributed by atoms with van der Waals surface area (Å²) in [5, 5.41) is 2.93. The summed E-state index contributed by atoms with van der Waals surface area (Å²) in [4.78, 5) is 19.7. The summed E-state index contributed by atoms with van der Waals surface area (Å²) in [5.74, 6) is 0.882. The Balaban J connectivity index is 1.67. The van der Waals surface area contributed by atoms with E-state index < -0.39 is 0 Å². The summed E-state index contributed by atoms with van der Waals surface area (Å²) in [7, 11) is 0. The fourth-order valence-corrected chi connectivity index (χ4v) is 3.65. The van der Waals surface area contributed by atoms with Crippen molar-refractivity contribution in [1.82, 2.24) is 9.88 Å². The van der Waals surface area contributed by atoms with E-state index in [4.69, 9.17) is 4.74 Å². The maximum atomic E-state index is 13.1. The van der Waals surface area contributed by atoms with Crippen molar-refractivity contribution in [3.8, 4) is 5.75 Å². The van der Waals surface area contributed by atoms with E-state index >= 15 is 0 Å². The molecule has 0 N–H and O–H groups in total. The number of rotatable bonds is 8. The van der Waals surface area contributed by atoms with Crippen LogP contribution >= 0.6 is 11.3 Å². The fourth-order valence-electron chi connectivity index (χ4n) is 2.95. The highest BCUT2D eigenvalue weighted by Gasteiger charge is 2.22. The number of carbonyl (C=O) groups excluding carboxylic acids is 1. The topological polar surface area (TPSA) is 42.4 Å². The lowest BCUT2D eigenvalue weighted by Crippen LogP contribution is -2.37. The second-order valence-corrected chi connectivity index (χ2v) is 8.33. The van der Waals surface area contributed by atoms with Crippen LogP contribution in [0.15, 0.2) is 53.9 Å². The molecule has 0 aliphatic carbocycles. The highest BCUT2D eigenvalue weighted by molar-refractivity contribution is 7.09. The van der Waals surface area contributed by atoms with Crippen LogP contribution < -0.4 is 4.74 Å². The maximum Gasteiger partial charge on any atom is 0.254 e. The van der Waals surface area contributed by atoms with Gasteiger partial charge in [-0.25, -0.2) is 4.98 Å². The molecule has 0 bridgehead atoms. The number of amides is 1. The molecule has 0 radical (unpaired) electrons. The molecule has 0 fully saturated rings. The predicted octanol–water partition coefficient (Wildman–Crippen LogP) is 5.78. The van der Waals surface area contributed by atoms with Crippen LogP contribution in [-0.4, -0.2) is 21.8 Å². The third-order valence-corrected chi connectivity index (χ3v) is 5.87. The average Bonchev–Trinajstić information content (AvgIpc) is 3.18. The first-order chi connectivity index (χ1) is 14.0. The zero-order chi connectivity index (χ0) is 20.8. The Hall–Kier alpha value is -2.66. The van der Waals surface area contributed by atoms with Crippen molar-refractivity contribution in [2.75, 3.05) is 0 Å². The van der Waals surface area contributed by atoms with Crippen molar-refractivity contribution in [1.29, 1.82) is 0 Å². The molecule has 0 aliphatic rings. The van der Waals surface area contributed by atoms with Crippen molar-refractivity contribution >= 4 is 17.2 Å². The second-order valence-electron chi connectivity index (χ2n) is 7.39. The van der Waals surface area contributed by atoms with Crippen LogP contribution in [0, 0.1) is 13.8 Å². The molecule has 0 aliphatic heterocycles. The quantitative estimate of drug-likeness (QED) is 0.474. The lowest BCUT2D eigenvalue weighted by atomic mass is 10.1. The molecule has 0 spiro atoms. The van der Waals surface area contributed by atoms with Gasteiger partial charge in [0.2, 0.25) is 0 Å². The van der Waals surface area contributed by atoms with Crippen LogP contribution in [-0.2, 0) is 13.2 Å². The molecule has 1 heterocycles. The molecule has 0 unspecified atom stereocenters. The Bertz CT molecular complexity index is 932. The van der Waals surface area contributed by atoms with Gasteiger partial charge in [-0.2, -0.15) is 0 Å². The van der Waals surface area contributed by atoms with Crippen LogP contribution in [0.5, 0.6) is 5.75 Å². The number of hydrogen-bond donors (Lipinski definition) is 0. The smallest absolute Gasteiger partial charge is 0.254 e. The molecular weight excluding hydrogens is 380 g/mol. The van der Waals surface area contributed by atoms with Gasteiger partial charge in [0.25, 0.3) is 5.91 Å². The number of thiazole rings is 1. The Morgan fingerprint density at radius 2 is 1.69 bits per heavy atom. The van der Waals surface area contributed by atoms with E-state index in [9.17, 15) is 4.79 Å². The van der Waals surface area contributed by atoms with Gasteiger partial charge in [-0.15, -0.1) is 11.3 Å². The molecule has 5 heteroatoms. The number of aromatic nitrogens is 1. The third-order valence-electron chi connectivity index (χ3n) is 5.00. The van der Waals surface area contributed by atoms with E-state index in [2.05, 4.69) is 25.8 Å². The van der Waals surface area contributed by atoms with Crippen LogP contribution in [0.1, 0.15) is 52.5 Å². The number of benzene rings is 2. The summed E-state index contributed by atoms with van der Waals surface area (Å²) >= 11 is 1.57. The van der Waals surface area contributed by atoms with Crippen molar-refractivity contribution in [3.63, 3.8) is 0 Å². The minimum absolute atomic E-state index is 0.0461. The molecule has 1 atom stereocenters. The van der Waals surface area contributed by atoms with Gasteiger partial charge in [-0.05, 0) is 51.5 Å². The molecule has 1 amide bonds. The molecule has 0 saturated carbocycles. The van der Waals surface area contributed by atoms with E-state index in [1.807, 2.05) is 65.7 Å². The molecule has 4 nitrogen and oxygen atoms in total. The molecule has 0 saturated heterocycles. The van der Waals surface area contributed by atoms with E-state index in [1.54, 1.807) is 11.3 Å². The van der Waals surface area contributed by atoms with Gasteiger partial charge in [0.05, 0.1) is 12.2 Å². The Kier molecular flexibility index (Phi) is 7.04. The first-order valence-electron chi connectivity index (χ1n) is 9.96. The SMILES string of the molecule is CC[C@H](C)N(Cc1csc(COc2ccc(C)cc2)n1)C(=O)c1ccc(C)cc1. The molecular formula is C24H28N2O2S. The standard InChI is InChI=1S/C24H28N2O2S/c1-5-19(4)26(24(27)20-10-6-17(2)7-11-20)14-21-16-29-23(25-21)15-28-22-12-8-18(3)9-13-22/h6-13,16,19H,5,14-15H2,1-4H3/t19-/m0/s1. The number of ether oxygens (including phenoxy) is 1. The van der Waals surface area contributed by atoms with Crippen LogP contribution in [0.4, 0.5) is 0 Å². The summed E-state index contributed by atoms with van der Waals surface area (Å²) in [6, 6.07) is 15.9. The van der Waals surface area contributed by atoms with Gasteiger partial charge in [-0.3, -0.25) is 4.79 Å². The third kappa shape index (κ3) is 5.67. The number of carbonyl (C=O) groups is 1. The molecule has 152 valence electrons. The van der Waals surface area contributed by atoms with Gasteiger partial charge >= 0.3 is 0 Å². The molecule has 2 aromatic carbocycles. The lowest BCUT2D eigenvalue weighted by molar-refractivity contribution is 0.0669. The van der Waals surface area contributed by atoms with E-state index in [0.717, 1.165) is 28.4 Å². The van der Waals surface area contributed by atoms with Crippen molar-refractivity contribution in [3.05, 3.63) is 81.3 Å². The molecule has 3 aromatic rings. The van der Waals surface area contributed by atoms with Crippen LogP contribution in [0.25, 0.3) is 0 Å². The number of nitrogens with zero attached hydrogens (tertiary/aromatic N) is 2. The molecule has 3 rings (SSSR count). The average molecular weight is 409 g/mol. The molecule has 1 aromatic heterocycles. The minimum Gasteiger partial charge on any atom is -0.486 e. The predicted molar refractivity (Wildman–Crippen MR) is 118 cm³/mol. The van der Waals surface area contributed by atoms with E-state index in [1.165, 1.54) is 5.56 Å². The maximum absolute atomic E-state index is 13.1. The van der Waals surface area contributed by atoms with Crippen LogP contribution in [0.2, 0.25) is 0 Å². The van der Waals surface area contributed by atoms with Gasteiger partial charge in [0.15, 0.2) is 0 Å². The zero-order valence-electron chi connectivity index (χ0n) is 17.5. The highest BCUT2D eigenvalue weighted by atomic mass is 32.1. The van der Waals surface area contributed by atoms with Gasteiger partial charge in [0, 0.05) is 17.0 Å². The Morgan fingerprint density at radius 1 is 1.07 bits per heavy atom. The first kappa shape index (κ1) is 21.1. The lowest BCUT2D eigenvalue weighted by Gasteiger charge is -2.28. The Labute approximate surface area is 177 Å². The fraction of sp³-hybridized carbons (Fsp3) is 0.333. The summed E-state index contributed by atoms with van der Waals surface area (Å²) in [6.07, 6.45) is 0.894. The van der Waals surface area contributed by atoms with Crippen molar-refractivity contribution in [2.24, 2.45) is 0 Å². The van der Waals surface area contributed by atoms with Crippen molar-refractivity contribution < 1.29 is 9.53 Å². The normalized spacial score (nSPS) is 11.9. The number of aryl methyl sites for hydroxylation is 2. The van der Waals surface area contributed by atoms with E-state index in [0.29, 0.717) is 18.7 Å². The second kappa shape index (κ2) is 9.70. The van der Waals surface area contributed by atoms with Crippen LogP contribution in [0.3, 0.4) is 0 Å². The van der Waals surface area contributed by atoms with Gasteiger partial charge < -0.3 is 9.64 Å². The summed E-state index contributed by atoms with van der Waals surface area (Å²) in [6.45, 7) is 9.20. The minimum atomic E-state index is 0.0461. The van der Waals surface area contributed by atoms with Gasteiger partial charge in [0.1, 0.15) is 17.4 Å². The summed E-state index contributed by atoms with van der Waals surface area (Å²) in [5.41, 5.74) is 3.97.